The van der Waals surface area contributed by atoms with Gasteiger partial charge in [-0.25, -0.2) is 4.68 Å². The van der Waals surface area contributed by atoms with Gasteiger partial charge in [-0.3, -0.25) is 4.79 Å². The van der Waals surface area contributed by atoms with Crippen LogP contribution in [-0.4, -0.2) is 34.7 Å². The third-order valence-corrected chi connectivity index (χ3v) is 5.71. The van der Waals surface area contributed by atoms with Crippen LogP contribution in [0.3, 0.4) is 0 Å². The molecular weight excluding hydrogens is 350 g/mol. The second kappa shape index (κ2) is 7.61. The van der Waals surface area contributed by atoms with Gasteiger partial charge in [0, 0.05) is 17.4 Å². The summed E-state index contributed by atoms with van der Waals surface area (Å²) in [5.74, 6) is 3.28. The van der Waals surface area contributed by atoms with Crippen molar-refractivity contribution in [2.45, 2.75) is 37.1 Å². The molecule has 1 saturated carbocycles. The summed E-state index contributed by atoms with van der Waals surface area (Å²) in [6, 6.07) is 8.00. The van der Waals surface area contributed by atoms with Gasteiger partial charge in [0.05, 0.1) is 31.2 Å². The summed E-state index contributed by atoms with van der Waals surface area (Å²) in [6.45, 7) is 3.49. The number of amides is 1. The number of carbonyl (C=O) groups is 1. The first kappa shape index (κ1) is 17.3. The van der Waals surface area contributed by atoms with Crippen molar-refractivity contribution in [3.05, 3.63) is 30.5 Å². The maximum Gasteiger partial charge on any atom is 0.235 e. The number of aromatic nitrogens is 2. The molecule has 0 saturated heterocycles. The van der Waals surface area contributed by atoms with Gasteiger partial charge < -0.3 is 14.8 Å². The lowest BCUT2D eigenvalue weighted by Crippen LogP contribution is -2.19. The van der Waals surface area contributed by atoms with Gasteiger partial charge in [-0.2, -0.15) is 5.10 Å². The van der Waals surface area contributed by atoms with Crippen molar-refractivity contribution in [1.29, 1.82) is 0 Å². The first-order valence-electron chi connectivity index (χ1n) is 9.06. The number of rotatable bonds is 6. The molecule has 6 nitrogen and oxygen atoms in total. The monoisotopic (exact) mass is 373 g/mol. The Morgan fingerprint density at radius 3 is 2.92 bits per heavy atom. The number of hydrogen-bond acceptors (Lipinski definition) is 5. The van der Waals surface area contributed by atoms with Crippen LogP contribution in [0.4, 0.5) is 5.82 Å². The minimum absolute atomic E-state index is 0.0353. The highest BCUT2D eigenvalue weighted by molar-refractivity contribution is 8.00. The molecule has 1 fully saturated rings. The Balaban J connectivity index is 1.34. The molecule has 1 unspecified atom stereocenters. The molecular formula is C19H23N3O3S. The number of ether oxygens (including phenoxy) is 2. The van der Waals surface area contributed by atoms with E-state index in [0.29, 0.717) is 30.9 Å². The van der Waals surface area contributed by atoms with Crippen molar-refractivity contribution in [2.24, 2.45) is 5.92 Å². The maximum atomic E-state index is 12.4. The van der Waals surface area contributed by atoms with E-state index in [4.69, 9.17) is 9.47 Å². The van der Waals surface area contributed by atoms with Crippen LogP contribution >= 0.6 is 11.8 Å². The maximum absolute atomic E-state index is 12.4. The van der Waals surface area contributed by atoms with Crippen molar-refractivity contribution in [2.75, 3.05) is 24.3 Å². The van der Waals surface area contributed by atoms with Crippen LogP contribution in [0.1, 0.15) is 32.2 Å². The normalized spacial score (nSPS) is 17.4. The minimum Gasteiger partial charge on any atom is -0.490 e. The zero-order valence-corrected chi connectivity index (χ0v) is 15.6. The van der Waals surface area contributed by atoms with Gasteiger partial charge in [0.25, 0.3) is 0 Å². The number of carbonyl (C=O) groups excluding carboxylic acids is 1. The first-order valence-corrected chi connectivity index (χ1v) is 10.0. The molecule has 1 aliphatic heterocycles. The van der Waals surface area contributed by atoms with Crippen LogP contribution in [0.2, 0.25) is 0 Å². The Labute approximate surface area is 157 Å². The molecule has 2 aliphatic rings. The van der Waals surface area contributed by atoms with Gasteiger partial charge in [-0.05, 0) is 43.9 Å². The molecule has 4 rings (SSSR count). The molecule has 1 aliphatic carbocycles. The van der Waals surface area contributed by atoms with Crippen molar-refractivity contribution >= 4 is 23.5 Å². The summed E-state index contributed by atoms with van der Waals surface area (Å²) in [5.41, 5.74) is 0. The molecule has 0 spiro atoms. The Morgan fingerprint density at radius 2 is 2.12 bits per heavy atom. The van der Waals surface area contributed by atoms with Gasteiger partial charge in [0.1, 0.15) is 5.82 Å². The highest BCUT2D eigenvalue weighted by atomic mass is 32.2. The number of benzene rings is 1. The van der Waals surface area contributed by atoms with Crippen molar-refractivity contribution in [1.82, 2.24) is 9.78 Å². The average molecular weight is 373 g/mol. The van der Waals surface area contributed by atoms with Crippen LogP contribution in [0, 0.1) is 5.92 Å². The lowest BCUT2D eigenvalue weighted by atomic mass is 10.2. The van der Waals surface area contributed by atoms with Crippen LogP contribution in [0.15, 0.2) is 35.4 Å². The molecule has 0 bridgehead atoms. The summed E-state index contributed by atoms with van der Waals surface area (Å²) < 4.78 is 13.3. The largest absolute Gasteiger partial charge is 0.490 e. The van der Waals surface area contributed by atoms with Crippen molar-refractivity contribution < 1.29 is 14.3 Å². The fraction of sp³-hybridized carbons (Fsp3) is 0.474. The van der Waals surface area contributed by atoms with Crippen LogP contribution in [-0.2, 0) is 4.79 Å². The summed E-state index contributed by atoms with van der Waals surface area (Å²) in [6.07, 6.45) is 5.11. The zero-order valence-electron chi connectivity index (χ0n) is 14.8. The second-order valence-electron chi connectivity index (χ2n) is 6.73. The predicted octanol–water partition coefficient (Wildman–Crippen LogP) is 3.75. The number of fused-ring (bicyclic) bond motifs is 1. The predicted molar refractivity (Wildman–Crippen MR) is 101 cm³/mol. The number of hydrogen-bond donors (Lipinski definition) is 1. The number of anilines is 1. The standard InChI is InChI=1S/C19H23N3O3S/c1-13(14-3-4-14)22-18(7-8-20-22)21-19(23)12-26-15-5-6-16-17(11-15)25-10-2-9-24-16/h5-8,11,13-14H,2-4,9-10,12H2,1H3,(H,21,23). The van der Waals surface area contributed by atoms with Gasteiger partial charge in [-0.1, -0.05) is 0 Å². The molecule has 2 aromatic rings. The summed E-state index contributed by atoms with van der Waals surface area (Å²) in [4.78, 5) is 13.3. The molecule has 1 N–H and O–H groups in total. The fourth-order valence-electron chi connectivity index (χ4n) is 3.08. The van der Waals surface area contributed by atoms with E-state index in [1.807, 2.05) is 28.9 Å². The third-order valence-electron chi connectivity index (χ3n) is 4.72. The Hall–Kier alpha value is -2.15. The minimum atomic E-state index is -0.0353. The van der Waals surface area contributed by atoms with Crippen molar-refractivity contribution in [3.63, 3.8) is 0 Å². The fourth-order valence-corrected chi connectivity index (χ4v) is 3.80. The van der Waals surface area contributed by atoms with Crippen LogP contribution < -0.4 is 14.8 Å². The Kier molecular flexibility index (Phi) is 5.06. The molecule has 1 amide bonds. The van der Waals surface area contributed by atoms with Gasteiger partial charge in [0.15, 0.2) is 11.5 Å². The Morgan fingerprint density at radius 1 is 1.31 bits per heavy atom. The van der Waals surface area contributed by atoms with E-state index in [9.17, 15) is 4.79 Å². The lowest BCUT2D eigenvalue weighted by molar-refractivity contribution is -0.113. The number of nitrogens with zero attached hydrogens (tertiary/aromatic N) is 2. The molecule has 1 aromatic carbocycles. The smallest absolute Gasteiger partial charge is 0.235 e. The van der Waals surface area contributed by atoms with Crippen molar-refractivity contribution in [3.8, 4) is 11.5 Å². The highest BCUT2D eigenvalue weighted by Gasteiger charge is 2.30. The average Bonchev–Trinajstić information content (AvgIpc) is 3.43. The van der Waals surface area contributed by atoms with E-state index < -0.39 is 0 Å². The SMILES string of the molecule is CC(C1CC1)n1nccc1NC(=O)CSc1ccc2c(c1)OCCCO2. The summed E-state index contributed by atoms with van der Waals surface area (Å²) in [5, 5.41) is 7.35. The van der Waals surface area contributed by atoms with Gasteiger partial charge in [-0.15, -0.1) is 11.8 Å². The number of nitrogens with one attached hydrogen (secondary N) is 1. The van der Waals surface area contributed by atoms with E-state index in [-0.39, 0.29) is 5.91 Å². The van der Waals surface area contributed by atoms with E-state index in [0.717, 1.165) is 28.6 Å². The van der Waals surface area contributed by atoms with E-state index in [1.165, 1.54) is 24.6 Å². The van der Waals surface area contributed by atoms with E-state index >= 15 is 0 Å². The Bertz CT molecular complexity index is 788. The molecule has 7 heteroatoms. The third kappa shape index (κ3) is 3.98. The van der Waals surface area contributed by atoms with Crippen LogP contribution in [0.25, 0.3) is 0 Å². The molecule has 1 aromatic heterocycles. The van der Waals surface area contributed by atoms with Crippen LogP contribution in [0.5, 0.6) is 11.5 Å². The topological polar surface area (TPSA) is 65.4 Å². The lowest BCUT2D eigenvalue weighted by Gasteiger charge is -2.15. The zero-order chi connectivity index (χ0) is 17.9. The summed E-state index contributed by atoms with van der Waals surface area (Å²) >= 11 is 1.49. The number of thioether (sulfide) groups is 1. The highest BCUT2D eigenvalue weighted by Crippen LogP contribution is 2.40. The van der Waals surface area contributed by atoms with Gasteiger partial charge in [0.2, 0.25) is 5.91 Å². The second-order valence-corrected chi connectivity index (χ2v) is 7.78. The quantitative estimate of drug-likeness (QED) is 0.781. The molecule has 1 atom stereocenters. The van der Waals surface area contributed by atoms with E-state index in [2.05, 4.69) is 17.3 Å². The summed E-state index contributed by atoms with van der Waals surface area (Å²) in [7, 11) is 0. The van der Waals surface area contributed by atoms with E-state index in [1.54, 1.807) is 6.20 Å². The molecule has 138 valence electrons. The molecule has 2 heterocycles. The van der Waals surface area contributed by atoms with Gasteiger partial charge >= 0.3 is 0 Å². The first-order chi connectivity index (χ1) is 12.7. The molecule has 26 heavy (non-hydrogen) atoms. The molecule has 0 radical (unpaired) electrons.